The van der Waals surface area contributed by atoms with E-state index >= 15 is 0 Å². The van der Waals surface area contributed by atoms with Gasteiger partial charge >= 0.3 is 6.18 Å². The van der Waals surface area contributed by atoms with Gasteiger partial charge in [-0.15, -0.1) is 11.3 Å². The van der Waals surface area contributed by atoms with Crippen molar-refractivity contribution in [1.82, 2.24) is 15.2 Å². The molecule has 164 valence electrons. The average molecular weight is 443 g/mol. The first-order valence-electron chi connectivity index (χ1n) is 10.1. The maximum absolute atomic E-state index is 13.7. The highest BCUT2D eigenvalue weighted by atomic mass is 32.1. The topological polar surface area (TPSA) is 57.7 Å². The van der Waals surface area contributed by atoms with Gasteiger partial charge in [0.15, 0.2) is 0 Å². The molecule has 0 spiro atoms. The Balaban J connectivity index is 1.58. The maximum Gasteiger partial charge on any atom is 0.417 e. The van der Waals surface area contributed by atoms with Gasteiger partial charge in [-0.2, -0.15) is 13.2 Å². The number of thiophene rings is 1. The second-order valence-corrected chi connectivity index (χ2v) is 8.71. The summed E-state index contributed by atoms with van der Waals surface area (Å²) in [4.78, 5) is 20.8. The highest BCUT2D eigenvalue weighted by Crippen LogP contribution is 2.40. The van der Waals surface area contributed by atoms with Gasteiger partial charge in [0.2, 0.25) is 0 Å². The normalized spacial score (nSPS) is 20.7. The van der Waals surface area contributed by atoms with Crippen LogP contribution in [0.4, 0.5) is 19.0 Å². The van der Waals surface area contributed by atoms with Gasteiger partial charge in [-0.1, -0.05) is 0 Å². The summed E-state index contributed by atoms with van der Waals surface area (Å²) in [6, 6.07) is 1.28. The van der Waals surface area contributed by atoms with Crippen LogP contribution in [0.15, 0.2) is 11.4 Å². The average Bonchev–Trinajstić information content (AvgIpc) is 3.43. The number of fused-ring (bicyclic) bond motifs is 1. The lowest BCUT2D eigenvalue weighted by Gasteiger charge is -2.40. The van der Waals surface area contributed by atoms with Crippen molar-refractivity contribution in [2.75, 3.05) is 44.7 Å². The molecule has 1 aliphatic heterocycles. The lowest BCUT2D eigenvalue weighted by atomic mass is 10.1. The Morgan fingerprint density at radius 2 is 2.13 bits per heavy atom. The van der Waals surface area contributed by atoms with E-state index < -0.39 is 17.6 Å². The van der Waals surface area contributed by atoms with Gasteiger partial charge in [0.1, 0.15) is 5.82 Å². The van der Waals surface area contributed by atoms with E-state index in [2.05, 4.69) is 22.1 Å². The fraction of sp³-hybridized carbons (Fsp3) is 0.600. The maximum atomic E-state index is 13.7. The number of amides is 1. The molecule has 0 radical (unpaired) electrons. The number of piperazine rings is 1. The fourth-order valence-electron chi connectivity index (χ4n) is 3.77. The number of carbonyl (C=O) groups excluding carboxylic acids is 1. The van der Waals surface area contributed by atoms with Crippen LogP contribution in [0.25, 0.3) is 10.2 Å². The molecular formula is C20H25F3N4O2S. The second kappa shape index (κ2) is 8.32. The molecule has 2 aliphatic rings. The number of aromatic nitrogens is 1. The van der Waals surface area contributed by atoms with Crippen molar-refractivity contribution in [3.8, 4) is 0 Å². The summed E-state index contributed by atoms with van der Waals surface area (Å²) in [5.41, 5.74) is -0.457. The number of ether oxygens (including phenoxy) is 1. The number of carbonyl (C=O) groups is 1. The van der Waals surface area contributed by atoms with E-state index in [1.54, 1.807) is 0 Å². The summed E-state index contributed by atoms with van der Waals surface area (Å²) in [7, 11) is 1.45. The summed E-state index contributed by atoms with van der Waals surface area (Å²) < 4.78 is 46.9. The first kappa shape index (κ1) is 21.3. The lowest BCUT2D eigenvalue weighted by molar-refractivity contribution is -0.136. The Bertz CT molecular complexity index is 929. The number of hydrogen-bond acceptors (Lipinski definition) is 6. The molecule has 2 fully saturated rings. The minimum atomic E-state index is -4.52. The molecule has 1 amide bonds. The van der Waals surface area contributed by atoms with Gasteiger partial charge in [-0.25, -0.2) is 4.98 Å². The van der Waals surface area contributed by atoms with Crippen molar-refractivity contribution in [3.05, 3.63) is 22.6 Å². The monoisotopic (exact) mass is 442 g/mol. The molecule has 30 heavy (non-hydrogen) atoms. The van der Waals surface area contributed by atoms with Crippen molar-refractivity contribution in [2.45, 2.75) is 38.1 Å². The summed E-state index contributed by atoms with van der Waals surface area (Å²) in [5, 5.41) is 3.92. The molecule has 6 nitrogen and oxygen atoms in total. The number of anilines is 1. The zero-order valence-corrected chi connectivity index (χ0v) is 17.8. The van der Waals surface area contributed by atoms with Crippen molar-refractivity contribution in [2.24, 2.45) is 0 Å². The Labute approximate surface area is 177 Å². The third kappa shape index (κ3) is 4.40. The van der Waals surface area contributed by atoms with Crippen molar-refractivity contribution in [3.63, 3.8) is 0 Å². The molecule has 2 aromatic rings. The van der Waals surface area contributed by atoms with E-state index in [-0.39, 0.29) is 27.6 Å². The van der Waals surface area contributed by atoms with Gasteiger partial charge in [0.25, 0.3) is 5.91 Å². The predicted octanol–water partition coefficient (Wildman–Crippen LogP) is 3.36. The summed E-state index contributed by atoms with van der Waals surface area (Å²) >= 11 is 0.900. The number of rotatable bonds is 6. The molecule has 4 rings (SSSR count). The van der Waals surface area contributed by atoms with Gasteiger partial charge in [0, 0.05) is 44.6 Å². The SMILES string of the molecule is CNC(=O)c1csc2c(C(F)(F)F)cc(N3CCN(CCOC4CC4)C(C)C3)nc12. The molecular weight excluding hydrogens is 417 g/mol. The van der Waals surface area contributed by atoms with Crippen LogP contribution in [0, 0.1) is 0 Å². The minimum absolute atomic E-state index is 0.00578. The van der Waals surface area contributed by atoms with Crippen LogP contribution in [-0.2, 0) is 10.9 Å². The molecule has 0 aromatic carbocycles. The molecule has 1 saturated carbocycles. The quantitative estimate of drug-likeness (QED) is 0.744. The third-order valence-corrected chi connectivity index (χ3v) is 6.63. The van der Waals surface area contributed by atoms with Gasteiger partial charge in [-0.3, -0.25) is 9.69 Å². The smallest absolute Gasteiger partial charge is 0.377 e. The van der Waals surface area contributed by atoms with Crippen LogP contribution in [-0.4, -0.2) is 67.8 Å². The van der Waals surface area contributed by atoms with Gasteiger partial charge in [-0.05, 0) is 25.8 Å². The molecule has 2 aromatic heterocycles. The summed E-state index contributed by atoms with van der Waals surface area (Å²) in [6.07, 6.45) is -1.83. The standard InChI is InChI=1S/C20H25F3N4O2S/c1-12-10-27(6-5-26(12)7-8-29-13-3-4-13)16-9-15(20(21,22)23)18-17(25-16)14(11-30-18)19(28)24-2/h9,11-13H,3-8,10H2,1-2H3,(H,24,28). The Morgan fingerprint density at radius 3 is 2.77 bits per heavy atom. The molecule has 3 heterocycles. The van der Waals surface area contributed by atoms with Crippen LogP contribution < -0.4 is 10.2 Å². The zero-order chi connectivity index (χ0) is 21.5. The number of pyridine rings is 1. The van der Waals surface area contributed by atoms with Crippen LogP contribution in [0.3, 0.4) is 0 Å². The molecule has 1 N–H and O–H groups in total. The number of hydrogen-bond donors (Lipinski definition) is 1. The first-order chi connectivity index (χ1) is 14.3. The molecule has 1 atom stereocenters. The fourth-order valence-corrected chi connectivity index (χ4v) is 4.79. The van der Waals surface area contributed by atoms with E-state index in [1.807, 2.05) is 4.90 Å². The number of alkyl halides is 3. The van der Waals surface area contributed by atoms with Crippen molar-refractivity contribution >= 4 is 33.3 Å². The summed E-state index contributed by atoms with van der Waals surface area (Å²) in [5.74, 6) is -0.174. The largest absolute Gasteiger partial charge is 0.417 e. The number of nitrogens with zero attached hydrogens (tertiary/aromatic N) is 3. The molecule has 10 heteroatoms. The molecule has 0 bridgehead atoms. The highest BCUT2D eigenvalue weighted by Gasteiger charge is 2.36. The van der Waals surface area contributed by atoms with Gasteiger partial charge < -0.3 is 15.0 Å². The lowest BCUT2D eigenvalue weighted by Crippen LogP contribution is -2.53. The van der Waals surface area contributed by atoms with Crippen molar-refractivity contribution < 1.29 is 22.7 Å². The van der Waals surface area contributed by atoms with Crippen LogP contribution >= 0.6 is 11.3 Å². The number of halogens is 3. The van der Waals surface area contributed by atoms with Crippen molar-refractivity contribution in [1.29, 1.82) is 0 Å². The van der Waals surface area contributed by atoms with E-state index in [4.69, 9.17) is 4.74 Å². The zero-order valence-electron chi connectivity index (χ0n) is 17.0. The first-order valence-corrected chi connectivity index (χ1v) is 11.0. The molecule has 1 aliphatic carbocycles. The predicted molar refractivity (Wildman–Crippen MR) is 110 cm³/mol. The second-order valence-electron chi connectivity index (χ2n) is 7.83. The molecule has 1 unspecified atom stereocenters. The van der Waals surface area contributed by atoms with E-state index in [0.717, 1.165) is 43.3 Å². The Hall–Kier alpha value is -1.91. The van der Waals surface area contributed by atoms with E-state index in [9.17, 15) is 18.0 Å². The van der Waals surface area contributed by atoms with E-state index in [1.165, 1.54) is 12.4 Å². The highest BCUT2D eigenvalue weighted by molar-refractivity contribution is 7.17. The minimum Gasteiger partial charge on any atom is -0.377 e. The summed E-state index contributed by atoms with van der Waals surface area (Å²) in [6.45, 7) is 5.43. The third-order valence-electron chi connectivity index (χ3n) is 5.63. The van der Waals surface area contributed by atoms with Crippen LogP contribution in [0.2, 0.25) is 0 Å². The van der Waals surface area contributed by atoms with Crippen LogP contribution in [0.5, 0.6) is 0 Å². The number of nitrogens with one attached hydrogen (secondary N) is 1. The van der Waals surface area contributed by atoms with Gasteiger partial charge in [0.05, 0.1) is 34.1 Å². The Morgan fingerprint density at radius 1 is 1.37 bits per heavy atom. The van der Waals surface area contributed by atoms with E-state index in [0.29, 0.717) is 25.8 Å². The van der Waals surface area contributed by atoms with Crippen LogP contribution in [0.1, 0.15) is 35.7 Å². The Kier molecular flexibility index (Phi) is 5.91. The molecule has 1 saturated heterocycles.